The predicted octanol–water partition coefficient (Wildman–Crippen LogP) is 2.73. The number of hydrogen-bond donors (Lipinski definition) is 1. The van der Waals surface area contributed by atoms with Gasteiger partial charge in [0.15, 0.2) is 11.5 Å². The average Bonchev–Trinajstić information content (AvgIpc) is 2.43. The van der Waals surface area contributed by atoms with E-state index in [4.69, 9.17) is 14.2 Å². The lowest BCUT2D eigenvalue weighted by Gasteiger charge is -2.11. The lowest BCUT2D eigenvalue weighted by molar-refractivity contribution is 0.244. The van der Waals surface area contributed by atoms with E-state index < -0.39 is 0 Å². The summed E-state index contributed by atoms with van der Waals surface area (Å²) in [6.07, 6.45) is 2.43. The monoisotopic (exact) mass is 265 g/mol. The van der Waals surface area contributed by atoms with Crippen LogP contribution in [-0.2, 0) is 11.3 Å². The van der Waals surface area contributed by atoms with E-state index in [0.29, 0.717) is 13.2 Å². The number of nitrogens with one attached hydrogen (secondary N) is 1. The van der Waals surface area contributed by atoms with Crippen LogP contribution in [-0.4, -0.2) is 26.9 Å². The summed E-state index contributed by atoms with van der Waals surface area (Å²) >= 11 is 0. The summed E-state index contributed by atoms with van der Waals surface area (Å²) in [5.41, 5.74) is 1.17. The lowest BCUT2D eigenvalue weighted by atomic mass is 10.2. The van der Waals surface area contributed by atoms with Crippen molar-refractivity contribution in [3.05, 3.63) is 36.6 Å². The number of benzene rings is 1. The van der Waals surface area contributed by atoms with Crippen LogP contribution >= 0.6 is 0 Å². The van der Waals surface area contributed by atoms with Crippen LogP contribution in [0.25, 0.3) is 0 Å². The van der Waals surface area contributed by atoms with Gasteiger partial charge in [-0.25, -0.2) is 0 Å². The van der Waals surface area contributed by atoms with Crippen LogP contribution in [0.2, 0.25) is 0 Å². The molecule has 0 atom stereocenters. The molecule has 1 rings (SSSR count). The lowest BCUT2D eigenvalue weighted by Crippen LogP contribution is -2.16. The minimum Gasteiger partial charge on any atom is -0.502 e. The van der Waals surface area contributed by atoms with Crippen molar-refractivity contribution in [2.24, 2.45) is 0 Å². The highest BCUT2D eigenvalue weighted by atomic mass is 16.5. The summed E-state index contributed by atoms with van der Waals surface area (Å²) in [7, 11) is 1.65. The van der Waals surface area contributed by atoms with Crippen LogP contribution < -0.4 is 14.8 Å². The van der Waals surface area contributed by atoms with Crippen molar-refractivity contribution in [1.82, 2.24) is 5.32 Å². The predicted molar refractivity (Wildman–Crippen MR) is 76.6 cm³/mol. The van der Waals surface area contributed by atoms with Crippen LogP contribution in [0.15, 0.2) is 31.0 Å². The Labute approximate surface area is 115 Å². The molecule has 0 aromatic heterocycles. The third kappa shape index (κ3) is 5.66. The van der Waals surface area contributed by atoms with Crippen LogP contribution in [0.4, 0.5) is 0 Å². The molecule has 0 radical (unpaired) electrons. The molecule has 0 bridgehead atoms. The fraction of sp³-hybridized carbons (Fsp3) is 0.467. The molecule has 0 aliphatic heterocycles. The molecular formula is C15H23NO3. The van der Waals surface area contributed by atoms with Crippen molar-refractivity contribution in [3.8, 4) is 11.5 Å². The first kappa shape index (κ1) is 15.4. The fourth-order valence-electron chi connectivity index (χ4n) is 1.70. The van der Waals surface area contributed by atoms with E-state index in [1.807, 2.05) is 25.1 Å². The highest BCUT2D eigenvalue weighted by Gasteiger charge is 2.04. The molecular weight excluding hydrogens is 242 g/mol. The minimum absolute atomic E-state index is 0.631. The third-order valence-corrected chi connectivity index (χ3v) is 2.59. The third-order valence-electron chi connectivity index (χ3n) is 2.59. The van der Waals surface area contributed by atoms with Gasteiger partial charge in [-0.2, -0.15) is 0 Å². The molecule has 0 unspecified atom stereocenters. The quantitative estimate of drug-likeness (QED) is 0.521. The summed E-state index contributed by atoms with van der Waals surface area (Å²) in [5.74, 6) is 1.56. The zero-order chi connectivity index (χ0) is 13.9. The summed E-state index contributed by atoms with van der Waals surface area (Å²) in [6, 6.07) is 5.98. The van der Waals surface area contributed by atoms with Gasteiger partial charge in [-0.05, 0) is 37.6 Å². The van der Waals surface area contributed by atoms with Gasteiger partial charge in [0.2, 0.25) is 0 Å². The van der Waals surface area contributed by atoms with Gasteiger partial charge in [-0.3, -0.25) is 0 Å². The molecule has 0 aliphatic rings. The maximum Gasteiger partial charge on any atom is 0.161 e. The minimum atomic E-state index is 0.631. The molecule has 106 valence electrons. The van der Waals surface area contributed by atoms with Crippen molar-refractivity contribution in [2.45, 2.75) is 19.9 Å². The Morgan fingerprint density at radius 1 is 1.32 bits per heavy atom. The molecule has 1 aromatic rings. The Hall–Kier alpha value is -1.68. The molecule has 0 saturated carbocycles. The Bertz CT molecular complexity index is 380. The Kier molecular flexibility index (Phi) is 7.51. The zero-order valence-corrected chi connectivity index (χ0v) is 11.8. The smallest absolute Gasteiger partial charge is 0.161 e. The Morgan fingerprint density at radius 3 is 2.84 bits per heavy atom. The van der Waals surface area contributed by atoms with Crippen molar-refractivity contribution in [3.63, 3.8) is 0 Å². The molecule has 0 aliphatic carbocycles. The largest absolute Gasteiger partial charge is 0.502 e. The van der Waals surface area contributed by atoms with Gasteiger partial charge in [0, 0.05) is 6.54 Å². The molecule has 0 fully saturated rings. The molecule has 1 aromatic carbocycles. The van der Waals surface area contributed by atoms with Crippen LogP contribution in [0.1, 0.15) is 18.9 Å². The van der Waals surface area contributed by atoms with Crippen LogP contribution in [0.3, 0.4) is 0 Å². The van der Waals surface area contributed by atoms with Gasteiger partial charge < -0.3 is 19.5 Å². The molecule has 4 nitrogen and oxygen atoms in total. The van der Waals surface area contributed by atoms with E-state index in [1.54, 1.807) is 7.11 Å². The number of methoxy groups -OCH3 is 1. The SMILES string of the molecule is C=COCCCNCc1ccc(OC)c(OCC)c1. The van der Waals surface area contributed by atoms with Gasteiger partial charge in [-0.1, -0.05) is 12.6 Å². The van der Waals surface area contributed by atoms with Crippen LogP contribution in [0, 0.1) is 0 Å². The Balaban J connectivity index is 2.41. The molecule has 19 heavy (non-hydrogen) atoms. The topological polar surface area (TPSA) is 39.7 Å². The Morgan fingerprint density at radius 2 is 2.16 bits per heavy atom. The van der Waals surface area contributed by atoms with Gasteiger partial charge in [0.1, 0.15) is 0 Å². The van der Waals surface area contributed by atoms with E-state index in [2.05, 4.69) is 11.9 Å². The van der Waals surface area contributed by atoms with Crippen molar-refractivity contribution in [1.29, 1.82) is 0 Å². The normalized spacial score (nSPS) is 10.0. The summed E-state index contributed by atoms with van der Waals surface area (Å²) < 4.78 is 15.9. The maximum atomic E-state index is 5.54. The number of rotatable bonds is 10. The first-order chi connectivity index (χ1) is 9.31. The first-order valence-corrected chi connectivity index (χ1v) is 6.54. The molecule has 0 amide bonds. The highest BCUT2D eigenvalue weighted by Crippen LogP contribution is 2.27. The molecule has 1 N–H and O–H groups in total. The van der Waals surface area contributed by atoms with Crippen molar-refractivity contribution >= 4 is 0 Å². The molecule has 0 heterocycles. The van der Waals surface area contributed by atoms with E-state index in [-0.39, 0.29) is 0 Å². The summed E-state index contributed by atoms with van der Waals surface area (Å²) in [5, 5.41) is 3.36. The van der Waals surface area contributed by atoms with Gasteiger partial charge in [-0.15, -0.1) is 0 Å². The fourth-order valence-corrected chi connectivity index (χ4v) is 1.70. The molecule has 0 spiro atoms. The van der Waals surface area contributed by atoms with E-state index >= 15 is 0 Å². The summed E-state index contributed by atoms with van der Waals surface area (Å²) in [6.45, 7) is 8.50. The molecule has 4 heteroatoms. The molecule has 0 saturated heterocycles. The average molecular weight is 265 g/mol. The number of ether oxygens (including phenoxy) is 3. The van der Waals surface area contributed by atoms with Crippen molar-refractivity contribution < 1.29 is 14.2 Å². The maximum absolute atomic E-state index is 5.54. The van der Waals surface area contributed by atoms with E-state index in [9.17, 15) is 0 Å². The second-order valence-electron chi connectivity index (χ2n) is 3.99. The standard InChI is InChI=1S/C15H23NO3/c1-4-18-10-6-9-16-12-13-7-8-14(17-3)15(11-13)19-5-2/h4,7-8,11,16H,1,5-6,9-10,12H2,2-3H3. The van der Waals surface area contributed by atoms with Crippen molar-refractivity contribution in [2.75, 3.05) is 26.9 Å². The first-order valence-electron chi connectivity index (χ1n) is 6.54. The second-order valence-corrected chi connectivity index (χ2v) is 3.99. The van der Waals surface area contributed by atoms with E-state index in [1.165, 1.54) is 11.8 Å². The second kappa shape index (κ2) is 9.28. The zero-order valence-electron chi connectivity index (χ0n) is 11.8. The van der Waals surface area contributed by atoms with Gasteiger partial charge in [0.05, 0.1) is 26.6 Å². The van der Waals surface area contributed by atoms with E-state index in [0.717, 1.165) is 31.0 Å². The number of hydrogen-bond acceptors (Lipinski definition) is 4. The summed E-state index contributed by atoms with van der Waals surface area (Å²) in [4.78, 5) is 0. The van der Waals surface area contributed by atoms with Gasteiger partial charge >= 0.3 is 0 Å². The van der Waals surface area contributed by atoms with Crippen LogP contribution in [0.5, 0.6) is 11.5 Å². The highest BCUT2D eigenvalue weighted by molar-refractivity contribution is 5.42. The van der Waals surface area contributed by atoms with Gasteiger partial charge in [0.25, 0.3) is 0 Å².